The van der Waals surface area contributed by atoms with Gasteiger partial charge in [0, 0.05) is 19.3 Å². The third-order valence-corrected chi connectivity index (χ3v) is 7.76. The minimum atomic E-state index is -1.13. The molecule has 0 heterocycles. The second kappa shape index (κ2) is 29.9. The zero-order valence-corrected chi connectivity index (χ0v) is 30.0. The molecule has 0 rings (SSSR count). The average Bonchev–Trinajstić information content (AvgIpc) is 3.00. The van der Waals surface area contributed by atoms with Crippen molar-refractivity contribution in [3.8, 4) is 0 Å². The lowest BCUT2D eigenvalue weighted by Gasteiger charge is -2.34. The molecule has 0 N–H and O–H groups in total. The summed E-state index contributed by atoms with van der Waals surface area (Å²) in [5.41, 5.74) is 0. The highest BCUT2D eigenvalue weighted by Gasteiger charge is 2.25. The number of esters is 2. The minimum Gasteiger partial charge on any atom is -0.544 e. The molecule has 0 aromatic rings. The van der Waals surface area contributed by atoms with Gasteiger partial charge in [0.25, 0.3) is 0 Å². The van der Waals surface area contributed by atoms with Crippen LogP contribution in [0.5, 0.6) is 0 Å². The van der Waals surface area contributed by atoms with E-state index in [9.17, 15) is 19.5 Å². The number of nitrogens with zero attached hydrogens (tertiary/aromatic N) is 1. The first-order chi connectivity index (χ1) is 22.1. The van der Waals surface area contributed by atoms with Crippen molar-refractivity contribution in [1.82, 2.24) is 0 Å². The lowest BCUT2D eigenvalue weighted by atomic mass is 10.1. The predicted octanol–water partition coefficient (Wildman–Crippen LogP) is 7.40. The Morgan fingerprint density at radius 3 is 1.85 bits per heavy atom. The van der Waals surface area contributed by atoms with Crippen LogP contribution in [0.25, 0.3) is 0 Å². The molecule has 0 aliphatic rings. The third kappa shape index (κ3) is 27.8. The van der Waals surface area contributed by atoms with Gasteiger partial charge in [0.2, 0.25) is 0 Å². The highest BCUT2D eigenvalue weighted by molar-refractivity contribution is 5.70. The zero-order chi connectivity index (χ0) is 34.3. The van der Waals surface area contributed by atoms with Crippen molar-refractivity contribution in [1.29, 1.82) is 0 Å². The molecule has 0 amide bonds. The Morgan fingerprint density at radius 2 is 1.22 bits per heavy atom. The third-order valence-electron chi connectivity index (χ3n) is 7.76. The maximum Gasteiger partial charge on any atom is 0.306 e. The lowest BCUT2D eigenvalue weighted by molar-refractivity contribution is -0.889. The Kier molecular flexibility index (Phi) is 28.3. The van der Waals surface area contributed by atoms with Crippen molar-refractivity contribution < 1.29 is 38.2 Å². The average molecular weight is 650 g/mol. The number of likely N-dealkylation sites (N-methyl/N-ethyl adjacent to an activating group) is 1. The Balaban J connectivity index is 4.51. The van der Waals surface area contributed by atoms with Gasteiger partial charge in [-0.3, -0.25) is 9.59 Å². The van der Waals surface area contributed by atoms with E-state index in [1.807, 2.05) is 0 Å². The quantitative estimate of drug-likeness (QED) is 0.0334. The molecule has 2 atom stereocenters. The van der Waals surface area contributed by atoms with Crippen molar-refractivity contribution >= 4 is 17.9 Å². The molecule has 0 aliphatic heterocycles. The summed E-state index contributed by atoms with van der Waals surface area (Å²) in [5.74, 6) is -1.81. The van der Waals surface area contributed by atoms with Crippen LogP contribution in [0, 0.1) is 0 Å². The number of ether oxygens (including phenoxy) is 3. The Morgan fingerprint density at radius 1 is 0.674 bits per heavy atom. The Bertz CT molecular complexity index is 860. The number of hydrogen-bond acceptors (Lipinski definition) is 7. The summed E-state index contributed by atoms with van der Waals surface area (Å²) in [7, 11) is 5.37. The second-order valence-corrected chi connectivity index (χ2v) is 13.1. The Hall–Kier alpha value is -2.45. The maximum absolute atomic E-state index is 12.6. The first-order valence-corrected chi connectivity index (χ1v) is 18.0. The van der Waals surface area contributed by atoms with Crippen LogP contribution in [0.1, 0.15) is 136 Å². The van der Waals surface area contributed by atoms with Crippen LogP contribution in [0.3, 0.4) is 0 Å². The number of carbonyl (C=O) groups excluding carboxylic acids is 3. The topological polar surface area (TPSA) is 102 Å². The maximum atomic E-state index is 12.6. The fraction of sp³-hybridized carbons (Fsp3) is 0.763. The SMILES string of the molecule is CC/C=C/C/C=C/CCCCC(=O)OCC(COCCC(C(=O)[O-])[N+](C)(C)C)OC(=O)CCCCC/C=C/CCCCCCCC. The normalized spacial score (nSPS) is 13.5. The fourth-order valence-corrected chi connectivity index (χ4v) is 4.92. The summed E-state index contributed by atoms with van der Waals surface area (Å²) in [4.78, 5) is 36.5. The van der Waals surface area contributed by atoms with Gasteiger partial charge in [0.15, 0.2) is 6.10 Å². The summed E-state index contributed by atoms with van der Waals surface area (Å²) >= 11 is 0. The van der Waals surface area contributed by atoms with Crippen LogP contribution >= 0.6 is 0 Å². The molecular formula is C38H67NO7. The summed E-state index contributed by atoms with van der Waals surface area (Å²) in [6, 6.07) is -0.730. The molecule has 0 fully saturated rings. The molecule has 0 aromatic carbocycles. The molecule has 8 nitrogen and oxygen atoms in total. The predicted molar refractivity (Wildman–Crippen MR) is 185 cm³/mol. The number of rotatable bonds is 31. The number of quaternary nitrogens is 1. The molecule has 0 aliphatic carbocycles. The Labute approximate surface area is 281 Å². The molecule has 8 heteroatoms. The summed E-state index contributed by atoms with van der Waals surface area (Å²) in [6.45, 7) is 4.45. The molecular weight excluding hydrogens is 582 g/mol. The summed E-state index contributed by atoms with van der Waals surface area (Å²) < 4.78 is 17.0. The zero-order valence-electron chi connectivity index (χ0n) is 30.0. The van der Waals surface area contributed by atoms with E-state index in [1.54, 1.807) is 21.1 Å². The van der Waals surface area contributed by atoms with Crippen molar-refractivity contribution in [2.75, 3.05) is 41.0 Å². The van der Waals surface area contributed by atoms with Gasteiger partial charge < -0.3 is 28.6 Å². The highest BCUT2D eigenvalue weighted by atomic mass is 16.6. The van der Waals surface area contributed by atoms with E-state index < -0.39 is 18.1 Å². The molecule has 0 aromatic heterocycles. The fourth-order valence-electron chi connectivity index (χ4n) is 4.92. The standard InChI is InChI=1S/C38H67NO7/c1-6-8-10-12-14-16-17-18-19-21-23-25-27-29-37(41)46-34(32-44-31-30-35(38(42)43)39(3,4)5)33-45-36(40)28-26-24-22-20-15-13-11-9-7-2/h9,11,15,18-20,34-35H,6-8,10,12-14,16-17,21-33H2,1-5H3/b11-9+,19-18+,20-15+. The molecule has 266 valence electrons. The molecule has 2 unspecified atom stereocenters. The molecule has 0 saturated heterocycles. The summed E-state index contributed by atoms with van der Waals surface area (Å²) in [6.07, 6.45) is 30.4. The van der Waals surface area contributed by atoms with Gasteiger partial charge in [0.1, 0.15) is 12.6 Å². The van der Waals surface area contributed by atoms with Crippen molar-refractivity contribution in [2.45, 2.75) is 148 Å². The van der Waals surface area contributed by atoms with Gasteiger partial charge >= 0.3 is 11.9 Å². The van der Waals surface area contributed by atoms with Crippen LogP contribution in [0.15, 0.2) is 36.5 Å². The first kappa shape index (κ1) is 43.5. The number of carbonyl (C=O) groups is 3. The number of hydrogen-bond donors (Lipinski definition) is 0. The van der Waals surface area contributed by atoms with Crippen LogP contribution in [-0.4, -0.2) is 75.5 Å². The molecule has 0 spiro atoms. The minimum absolute atomic E-state index is 0.0244. The van der Waals surface area contributed by atoms with Crippen molar-refractivity contribution in [3.05, 3.63) is 36.5 Å². The largest absolute Gasteiger partial charge is 0.544 e. The van der Waals surface area contributed by atoms with E-state index in [0.29, 0.717) is 12.8 Å². The van der Waals surface area contributed by atoms with Gasteiger partial charge in [-0.15, -0.1) is 0 Å². The number of carboxylic acid groups (broad SMARTS) is 1. The van der Waals surface area contributed by atoms with Crippen LogP contribution in [0.4, 0.5) is 0 Å². The van der Waals surface area contributed by atoms with Gasteiger partial charge in [-0.2, -0.15) is 0 Å². The first-order valence-electron chi connectivity index (χ1n) is 18.0. The van der Waals surface area contributed by atoms with Gasteiger partial charge in [-0.25, -0.2) is 0 Å². The van der Waals surface area contributed by atoms with Crippen molar-refractivity contribution in [3.63, 3.8) is 0 Å². The number of unbranched alkanes of at least 4 members (excludes halogenated alkanes) is 11. The smallest absolute Gasteiger partial charge is 0.306 e. The molecule has 0 radical (unpaired) electrons. The van der Waals surface area contributed by atoms with Crippen LogP contribution < -0.4 is 5.11 Å². The highest BCUT2D eigenvalue weighted by Crippen LogP contribution is 2.11. The van der Waals surface area contributed by atoms with E-state index in [2.05, 4.69) is 50.3 Å². The molecule has 0 bridgehead atoms. The van der Waals surface area contributed by atoms with Crippen LogP contribution in [0.2, 0.25) is 0 Å². The number of carboxylic acids is 1. The molecule has 46 heavy (non-hydrogen) atoms. The van der Waals surface area contributed by atoms with E-state index in [0.717, 1.165) is 64.2 Å². The van der Waals surface area contributed by atoms with Gasteiger partial charge in [0.05, 0.1) is 40.3 Å². The summed E-state index contributed by atoms with van der Waals surface area (Å²) in [5, 5.41) is 11.5. The van der Waals surface area contributed by atoms with Gasteiger partial charge in [-0.1, -0.05) is 88.8 Å². The number of allylic oxidation sites excluding steroid dienone is 6. The van der Waals surface area contributed by atoms with E-state index in [1.165, 1.54) is 38.5 Å². The van der Waals surface area contributed by atoms with Crippen LogP contribution in [-0.2, 0) is 28.6 Å². The molecule has 0 saturated carbocycles. The van der Waals surface area contributed by atoms with Gasteiger partial charge in [-0.05, 0) is 64.2 Å². The van der Waals surface area contributed by atoms with E-state index in [4.69, 9.17) is 14.2 Å². The number of aliphatic carboxylic acids is 1. The second-order valence-electron chi connectivity index (χ2n) is 13.1. The van der Waals surface area contributed by atoms with E-state index in [-0.39, 0.29) is 42.7 Å². The van der Waals surface area contributed by atoms with E-state index >= 15 is 0 Å². The lowest BCUT2D eigenvalue weighted by Crippen LogP contribution is -2.55. The monoisotopic (exact) mass is 649 g/mol. The van der Waals surface area contributed by atoms with Crippen molar-refractivity contribution in [2.24, 2.45) is 0 Å².